The van der Waals surface area contributed by atoms with E-state index in [1.54, 1.807) is 19.1 Å². The molecule has 2 rings (SSSR count). The second kappa shape index (κ2) is 3.10. The number of halogens is 2. The minimum absolute atomic E-state index is 0.0648. The lowest BCUT2D eigenvalue weighted by Gasteiger charge is -2.04. The fraction of sp³-hybridized carbons (Fsp3) is 0.100. The first kappa shape index (κ1) is 9.21. The predicted molar refractivity (Wildman–Crippen MR) is 55.9 cm³/mol. The number of benzene rings is 1. The molecule has 1 aromatic carbocycles. The van der Waals surface area contributed by atoms with E-state index in [1.807, 2.05) is 0 Å². The molecule has 0 amide bonds. The monoisotopic (exact) mass is 210 g/mol. The van der Waals surface area contributed by atoms with Crippen molar-refractivity contribution in [1.29, 1.82) is 0 Å². The van der Waals surface area contributed by atoms with E-state index in [1.165, 1.54) is 6.07 Å². The van der Waals surface area contributed by atoms with E-state index < -0.39 is 5.82 Å². The van der Waals surface area contributed by atoms with E-state index in [0.717, 1.165) is 0 Å². The second-order valence-corrected chi connectivity index (χ2v) is 3.52. The number of pyridine rings is 1. The zero-order valence-electron chi connectivity index (χ0n) is 7.51. The summed E-state index contributed by atoms with van der Waals surface area (Å²) in [5, 5.41) is 0.660. The Bertz CT molecular complexity index is 511. The first-order valence-corrected chi connectivity index (χ1v) is 4.48. The van der Waals surface area contributed by atoms with Crippen LogP contribution in [0.2, 0.25) is 5.02 Å². The highest BCUT2D eigenvalue weighted by molar-refractivity contribution is 6.31. The SMILES string of the molecule is Cc1cc(N)c2ccc(Cl)c(F)c2n1. The Morgan fingerprint density at radius 1 is 1.43 bits per heavy atom. The maximum atomic E-state index is 13.5. The van der Waals surface area contributed by atoms with Crippen molar-refractivity contribution < 1.29 is 4.39 Å². The van der Waals surface area contributed by atoms with Crippen molar-refractivity contribution in [3.63, 3.8) is 0 Å². The van der Waals surface area contributed by atoms with Gasteiger partial charge in [-0.2, -0.15) is 0 Å². The summed E-state index contributed by atoms with van der Waals surface area (Å²) in [5.74, 6) is -0.514. The molecule has 2 N–H and O–H groups in total. The van der Waals surface area contributed by atoms with Crippen LogP contribution in [0.5, 0.6) is 0 Å². The van der Waals surface area contributed by atoms with Gasteiger partial charge in [0.05, 0.1) is 5.02 Å². The third kappa shape index (κ3) is 1.30. The Hall–Kier alpha value is -1.35. The van der Waals surface area contributed by atoms with Crippen LogP contribution in [0.15, 0.2) is 18.2 Å². The number of fused-ring (bicyclic) bond motifs is 1. The zero-order valence-corrected chi connectivity index (χ0v) is 8.27. The summed E-state index contributed by atoms with van der Waals surface area (Å²) in [7, 11) is 0. The predicted octanol–water partition coefficient (Wildman–Crippen LogP) is 2.92. The lowest BCUT2D eigenvalue weighted by atomic mass is 10.1. The number of nitrogens with zero attached hydrogens (tertiary/aromatic N) is 1. The third-order valence-corrected chi connectivity index (χ3v) is 2.32. The van der Waals surface area contributed by atoms with Gasteiger partial charge in [-0.1, -0.05) is 11.6 Å². The Labute approximate surface area is 85.5 Å². The molecule has 1 aromatic heterocycles. The lowest BCUT2D eigenvalue weighted by molar-refractivity contribution is 0.637. The van der Waals surface area contributed by atoms with E-state index in [-0.39, 0.29) is 10.5 Å². The van der Waals surface area contributed by atoms with Gasteiger partial charge in [0.25, 0.3) is 0 Å². The van der Waals surface area contributed by atoms with E-state index in [4.69, 9.17) is 17.3 Å². The summed E-state index contributed by atoms with van der Waals surface area (Å²) in [5.41, 5.74) is 7.15. The first-order valence-electron chi connectivity index (χ1n) is 4.10. The van der Waals surface area contributed by atoms with E-state index in [0.29, 0.717) is 16.8 Å². The Balaban J connectivity index is 2.95. The van der Waals surface area contributed by atoms with Crippen LogP contribution in [0.4, 0.5) is 10.1 Å². The summed E-state index contributed by atoms with van der Waals surface area (Å²) in [6.07, 6.45) is 0. The summed E-state index contributed by atoms with van der Waals surface area (Å²) in [6.45, 7) is 1.76. The van der Waals surface area contributed by atoms with Gasteiger partial charge in [0, 0.05) is 16.8 Å². The lowest BCUT2D eigenvalue weighted by Crippen LogP contribution is -1.94. The molecule has 0 atom stereocenters. The van der Waals surface area contributed by atoms with Crippen molar-refractivity contribution in [2.45, 2.75) is 6.92 Å². The summed E-state index contributed by atoms with van der Waals surface area (Å²) in [4.78, 5) is 4.06. The van der Waals surface area contributed by atoms with Gasteiger partial charge < -0.3 is 5.73 Å². The highest BCUT2D eigenvalue weighted by Gasteiger charge is 2.09. The highest BCUT2D eigenvalue weighted by Crippen LogP contribution is 2.27. The van der Waals surface area contributed by atoms with Gasteiger partial charge in [0.1, 0.15) is 5.52 Å². The smallest absolute Gasteiger partial charge is 0.168 e. The maximum absolute atomic E-state index is 13.5. The van der Waals surface area contributed by atoms with Crippen molar-refractivity contribution in [1.82, 2.24) is 4.98 Å². The van der Waals surface area contributed by atoms with E-state index in [9.17, 15) is 4.39 Å². The van der Waals surface area contributed by atoms with Crippen LogP contribution in [0, 0.1) is 12.7 Å². The molecular formula is C10H8ClFN2. The van der Waals surface area contributed by atoms with Crippen molar-refractivity contribution in [2.24, 2.45) is 0 Å². The molecule has 0 unspecified atom stereocenters. The molecule has 0 saturated carbocycles. The second-order valence-electron chi connectivity index (χ2n) is 3.11. The standard InChI is InChI=1S/C10H8ClFN2/c1-5-4-8(13)6-2-3-7(11)9(12)10(6)14-5/h2-4H,1H3,(H2,13,14). The fourth-order valence-electron chi connectivity index (χ4n) is 1.39. The zero-order chi connectivity index (χ0) is 10.3. The van der Waals surface area contributed by atoms with Crippen molar-refractivity contribution in [3.05, 3.63) is 34.7 Å². The van der Waals surface area contributed by atoms with Gasteiger partial charge in [0.2, 0.25) is 0 Å². The minimum Gasteiger partial charge on any atom is -0.398 e. The number of nitrogens with two attached hydrogens (primary N) is 1. The molecule has 0 bridgehead atoms. The number of hydrogen-bond donors (Lipinski definition) is 1. The molecule has 0 spiro atoms. The Morgan fingerprint density at radius 2 is 2.14 bits per heavy atom. The van der Waals surface area contributed by atoms with Crippen molar-refractivity contribution >= 4 is 28.2 Å². The summed E-state index contributed by atoms with van der Waals surface area (Å²) < 4.78 is 13.5. The van der Waals surface area contributed by atoms with Crippen LogP contribution >= 0.6 is 11.6 Å². The molecule has 0 fully saturated rings. The first-order chi connectivity index (χ1) is 6.59. The molecule has 4 heteroatoms. The fourth-order valence-corrected chi connectivity index (χ4v) is 1.55. The molecule has 2 nitrogen and oxygen atoms in total. The molecule has 72 valence electrons. The number of rotatable bonds is 0. The van der Waals surface area contributed by atoms with Crippen LogP contribution in [-0.4, -0.2) is 4.98 Å². The molecular weight excluding hydrogens is 203 g/mol. The van der Waals surface area contributed by atoms with Crippen LogP contribution in [0.1, 0.15) is 5.69 Å². The van der Waals surface area contributed by atoms with Crippen LogP contribution in [0.3, 0.4) is 0 Å². The number of anilines is 1. The Morgan fingerprint density at radius 3 is 2.86 bits per heavy atom. The maximum Gasteiger partial charge on any atom is 0.168 e. The molecule has 0 aliphatic heterocycles. The van der Waals surface area contributed by atoms with E-state index >= 15 is 0 Å². The van der Waals surface area contributed by atoms with Crippen molar-refractivity contribution in [2.75, 3.05) is 5.73 Å². The molecule has 0 radical (unpaired) electrons. The van der Waals surface area contributed by atoms with E-state index in [2.05, 4.69) is 4.98 Å². The number of aromatic nitrogens is 1. The Kier molecular flexibility index (Phi) is 2.04. The highest BCUT2D eigenvalue weighted by atomic mass is 35.5. The normalized spacial score (nSPS) is 10.8. The van der Waals surface area contributed by atoms with Crippen LogP contribution in [0.25, 0.3) is 10.9 Å². The largest absolute Gasteiger partial charge is 0.398 e. The van der Waals surface area contributed by atoms with Gasteiger partial charge in [-0.05, 0) is 25.1 Å². The number of hydrogen-bond acceptors (Lipinski definition) is 2. The van der Waals surface area contributed by atoms with Gasteiger partial charge in [-0.3, -0.25) is 0 Å². The van der Waals surface area contributed by atoms with Gasteiger partial charge in [0.15, 0.2) is 5.82 Å². The number of nitrogen functional groups attached to an aromatic ring is 1. The molecule has 0 aliphatic rings. The summed E-state index contributed by atoms with van der Waals surface area (Å²) in [6, 6.07) is 4.85. The minimum atomic E-state index is -0.514. The topological polar surface area (TPSA) is 38.9 Å². The molecule has 0 saturated heterocycles. The number of aryl methyl sites for hydroxylation is 1. The molecule has 2 aromatic rings. The summed E-state index contributed by atoms with van der Waals surface area (Å²) >= 11 is 5.64. The van der Waals surface area contributed by atoms with Crippen LogP contribution in [-0.2, 0) is 0 Å². The molecule has 14 heavy (non-hydrogen) atoms. The van der Waals surface area contributed by atoms with Crippen LogP contribution < -0.4 is 5.73 Å². The van der Waals surface area contributed by atoms with Gasteiger partial charge >= 0.3 is 0 Å². The quantitative estimate of drug-likeness (QED) is 0.726. The average Bonchev–Trinajstić information content (AvgIpc) is 2.12. The van der Waals surface area contributed by atoms with Gasteiger partial charge in [-0.25, -0.2) is 9.37 Å². The van der Waals surface area contributed by atoms with Crippen molar-refractivity contribution in [3.8, 4) is 0 Å². The third-order valence-electron chi connectivity index (χ3n) is 2.03. The molecule has 0 aliphatic carbocycles. The van der Waals surface area contributed by atoms with Gasteiger partial charge in [-0.15, -0.1) is 0 Å². The average molecular weight is 211 g/mol. The molecule has 1 heterocycles.